The molecule has 1 saturated heterocycles. The Labute approximate surface area is 149 Å². The maximum absolute atomic E-state index is 12.0. The molecule has 0 radical (unpaired) electrons. The first-order valence-electron chi connectivity index (χ1n) is 9.05. The number of rotatable bonds is 5. The largest absolute Gasteiger partial charge is 0.466 e. The normalized spacial score (nSPS) is 18.1. The number of aromatic nitrogens is 1. The number of hydrogen-bond acceptors (Lipinski definition) is 4. The van der Waals surface area contributed by atoms with Crippen LogP contribution in [-0.2, 0) is 16.1 Å². The third-order valence-electron chi connectivity index (χ3n) is 4.68. The molecular formula is C21H26N2O2. The fraction of sp³-hybridized carbons (Fsp3) is 0.429. The zero-order valence-corrected chi connectivity index (χ0v) is 15.1. The standard InChI is InChI=1S/C21H26N2O2/c1-3-25-21(24)19-8-5-9-23(15-19)14-17-11-20(13-22-12-17)18-7-4-6-16(2)10-18/h4,6-7,10-13,19H,3,5,8-9,14-15H2,1-2H3. The summed E-state index contributed by atoms with van der Waals surface area (Å²) in [6.45, 7) is 7.03. The first-order valence-corrected chi connectivity index (χ1v) is 9.05. The molecule has 3 rings (SSSR count). The van der Waals surface area contributed by atoms with Crippen LogP contribution in [0.1, 0.15) is 30.9 Å². The monoisotopic (exact) mass is 338 g/mol. The molecule has 4 nitrogen and oxygen atoms in total. The van der Waals surface area contributed by atoms with Crippen LogP contribution in [0.25, 0.3) is 11.1 Å². The predicted molar refractivity (Wildman–Crippen MR) is 99.0 cm³/mol. The van der Waals surface area contributed by atoms with Gasteiger partial charge in [0.25, 0.3) is 0 Å². The Morgan fingerprint density at radius 2 is 2.16 bits per heavy atom. The second kappa shape index (κ2) is 8.26. The number of nitrogens with zero attached hydrogens (tertiary/aromatic N) is 2. The van der Waals surface area contributed by atoms with Crippen molar-refractivity contribution in [1.29, 1.82) is 0 Å². The van der Waals surface area contributed by atoms with E-state index in [1.54, 1.807) is 0 Å². The molecule has 2 heterocycles. The number of pyridine rings is 1. The summed E-state index contributed by atoms with van der Waals surface area (Å²) in [5.41, 5.74) is 4.76. The fourth-order valence-electron chi connectivity index (χ4n) is 3.47. The summed E-state index contributed by atoms with van der Waals surface area (Å²) in [5, 5.41) is 0. The van der Waals surface area contributed by atoms with Gasteiger partial charge in [-0.2, -0.15) is 0 Å². The molecule has 4 heteroatoms. The second-order valence-corrected chi connectivity index (χ2v) is 6.78. The highest BCUT2D eigenvalue weighted by Gasteiger charge is 2.26. The third kappa shape index (κ3) is 4.67. The van der Waals surface area contributed by atoms with E-state index >= 15 is 0 Å². The Morgan fingerprint density at radius 3 is 2.96 bits per heavy atom. The Hall–Kier alpha value is -2.20. The van der Waals surface area contributed by atoms with E-state index in [0.29, 0.717) is 6.61 Å². The molecule has 2 aromatic rings. The molecule has 0 bridgehead atoms. The van der Waals surface area contributed by atoms with Crippen LogP contribution < -0.4 is 0 Å². The Morgan fingerprint density at radius 1 is 1.28 bits per heavy atom. The van der Waals surface area contributed by atoms with Crippen LogP contribution in [0, 0.1) is 12.8 Å². The van der Waals surface area contributed by atoms with Crippen molar-refractivity contribution in [3.63, 3.8) is 0 Å². The molecule has 0 spiro atoms. The molecule has 0 aliphatic carbocycles. The molecule has 1 unspecified atom stereocenters. The molecule has 1 fully saturated rings. The fourth-order valence-corrected chi connectivity index (χ4v) is 3.47. The molecule has 0 amide bonds. The maximum atomic E-state index is 12.0. The van der Waals surface area contributed by atoms with Gasteiger partial charge in [-0.25, -0.2) is 0 Å². The minimum absolute atomic E-state index is 0.00150. The number of ether oxygens (including phenoxy) is 1. The van der Waals surface area contributed by atoms with E-state index in [2.05, 4.69) is 47.1 Å². The number of carbonyl (C=O) groups excluding carboxylic acids is 1. The van der Waals surface area contributed by atoms with Gasteiger partial charge in [-0.15, -0.1) is 0 Å². The average Bonchev–Trinajstić information content (AvgIpc) is 2.62. The number of aryl methyl sites for hydroxylation is 1. The lowest BCUT2D eigenvalue weighted by atomic mass is 9.97. The first kappa shape index (κ1) is 17.6. The summed E-state index contributed by atoms with van der Waals surface area (Å²) in [7, 11) is 0. The lowest BCUT2D eigenvalue weighted by Crippen LogP contribution is -2.38. The van der Waals surface area contributed by atoms with E-state index in [1.165, 1.54) is 16.7 Å². The van der Waals surface area contributed by atoms with E-state index in [9.17, 15) is 4.79 Å². The van der Waals surface area contributed by atoms with E-state index in [-0.39, 0.29) is 11.9 Å². The SMILES string of the molecule is CCOC(=O)C1CCCN(Cc2cncc(-c3cccc(C)c3)c2)C1. The zero-order chi connectivity index (χ0) is 17.6. The summed E-state index contributed by atoms with van der Waals surface area (Å²) in [6, 6.07) is 10.7. The van der Waals surface area contributed by atoms with Crippen molar-refractivity contribution in [2.24, 2.45) is 5.92 Å². The van der Waals surface area contributed by atoms with Gasteiger partial charge in [-0.1, -0.05) is 29.8 Å². The third-order valence-corrected chi connectivity index (χ3v) is 4.68. The minimum atomic E-state index is -0.0566. The van der Waals surface area contributed by atoms with Gasteiger partial charge in [0.15, 0.2) is 0 Å². The van der Waals surface area contributed by atoms with Crippen molar-refractivity contribution in [1.82, 2.24) is 9.88 Å². The van der Waals surface area contributed by atoms with Gasteiger partial charge in [-0.05, 0) is 50.4 Å². The summed E-state index contributed by atoms with van der Waals surface area (Å²) >= 11 is 0. The first-order chi connectivity index (χ1) is 12.2. The summed E-state index contributed by atoms with van der Waals surface area (Å²) in [4.78, 5) is 18.8. The highest BCUT2D eigenvalue weighted by Crippen LogP contribution is 2.23. The van der Waals surface area contributed by atoms with Gasteiger partial charge >= 0.3 is 5.97 Å². The van der Waals surface area contributed by atoms with E-state index in [4.69, 9.17) is 4.74 Å². The van der Waals surface area contributed by atoms with E-state index in [1.807, 2.05) is 19.3 Å². The van der Waals surface area contributed by atoms with Gasteiger partial charge in [-0.3, -0.25) is 14.7 Å². The quantitative estimate of drug-likeness (QED) is 0.777. The lowest BCUT2D eigenvalue weighted by Gasteiger charge is -2.31. The zero-order valence-electron chi connectivity index (χ0n) is 15.1. The van der Waals surface area contributed by atoms with Crippen LogP contribution in [0.2, 0.25) is 0 Å². The number of hydrogen-bond donors (Lipinski definition) is 0. The van der Waals surface area contributed by atoms with Crippen molar-refractivity contribution < 1.29 is 9.53 Å². The van der Waals surface area contributed by atoms with Crippen molar-refractivity contribution in [3.05, 3.63) is 53.9 Å². The Balaban J connectivity index is 1.69. The Kier molecular flexibility index (Phi) is 5.82. The summed E-state index contributed by atoms with van der Waals surface area (Å²) in [6.07, 6.45) is 5.80. The molecular weight excluding hydrogens is 312 g/mol. The van der Waals surface area contributed by atoms with Gasteiger partial charge in [0.2, 0.25) is 0 Å². The smallest absolute Gasteiger partial charge is 0.310 e. The second-order valence-electron chi connectivity index (χ2n) is 6.78. The number of piperidine rings is 1. The van der Waals surface area contributed by atoms with Crippen LogP contribution in [-0.4, -0.2) is 35.5 Å². The lowest BCUT2D eigenvalue weighted by molar-refractivity contribution is -0.150. The minimum Gasteiger partial charge on any atom is -0.466 e. The van der Waals surface area contributed by atoms with Crippen LogP contribution in [0.4, 0.5) is 0 Å². The predicted octanol–water partition coefficient (Wildman–Crippen LogP) is 3.83. The highest BCUT2D eigenvalue weighted by atomic mass is 16.5. The van der Waals surface area contributed by atoms with Crippen LogP contribution >= 0.6 is 0 Å². The highest BCUT2D eigenvalue weighted by molar-refractivity contribution is 5.72. The molecule has 0 N–H and O–H groups in total. The molecule has 1 aliphatic rings. The Bertz CT molecular complexity index is 729. The van der Waals surface area contributed by atoms with Gasteiger partial charge in [0.1, 0.15) is 0 Å². The summed E-state index contributed by atoms with van der Waals surface area (Å²) in [5.74, 6) is -0.0551. The van der Waals surface area contributed by atoms with E-state index in [0.717, 1.165) is 38.0 Å². The van der Waals surface area contributed by atoms with Gasteiger partial charge < -0.3 is 4.74 Å². The number of likely N-dealkylation sites (tertiary alicyclic amines) is 1. The number of carbonyl (C=O) groups is 1. The van der Waals surface area contributed by atoms with Crippen molar-refractivity contribution in [2.75, 3.05) is 19.7 Å². The van der Waals surface area contributed by atoms with Crippen LogP contribution in [0.3, 0.4) is 0 Å². The molecule has 132 valence electrons. The molecule has 1 atom stereocenters. The number of benzene rings is 1. The van der Waals surface area contributed by atoms with Crippen molar-refractivity contribution in [3.8, 4) is 11.1 Å². The molecule has 1 aliphatic heterocycles. The molecule has 0 saturated carbocycles. The van der Waals surface area contributed by atoms with Crippen LogP contribution in [0.5, 0.6) is 0 Å². The molecule has 1 aromatic carbocycles. The topological polar surface area (TPSA) is 42.4 Å². The number of esters is 1. The van der Waals surface area contributed by atoms with Gasteiger partial charge in [0.05, 0.1) is 12.5 Å². The van der Waals surface area contributed by atoms with Crippen LogP contribution in [0.15, 0.2) is 42.7 Å². The molecule has 1 aromatic heterocycles. The maximum Gasteiger partial charge on any atom is 0.310 e. The van der Waals surface area contributed by atoms with Crippen molar-refractivity contribution >= 4 is 5.97 Å². The average molecular weight is 338 g/mol. The summed E-state index contributed by atoms with van der Waals surface area (Å²) < 4.78 is 5.19. The van der Waals surface area contributed by atoms with E-state index < -0.39 is 0 Å². The van der Waals surface area contributed by atoms with Crippen molar-refractivity contribution in [2.45, 2.75) is 33.2 Å². The van der Waals surface area contributed by atoms with Gasteiger partial charge in [0, 0.05) is 31.0 Å². The molecule has 25 heavy (non-hydrogen) atoms.